The van der Waals surface area contributed by atoms with E-state index in [0.29, 0.717) is 6.54 Å². The summed E-state index contributed by atoms with van der Waals surface area (Å²) in [6.45, 7) is 4.42. The van der Waals surface area contributed by atoms with Crippen LogP contribution in [0.4, 0.5) is 0 Å². The van der Waals surface area contributed by atoms with Crippen molar-refractivity contribution in [3.05, 3.63) is 42.9 Å². The van der Waals surface area contributed by atoms with E-state index in [0.717, 1.165) is 43.1 Å². The van der Waals surface area contributed by atoms with Crippen LogP contribution in [0.1, 0.15) is 19.8 Å². The number of carbonyl (C=O) groups is 1. The number of nitrogens with zero attached hydrogens (tertiary/aromatic N) is 3. The summed E-state index contributed by atoms with van der Waals surface area (Å²) in [4.78, 5) is 18.7. The average Bonchev–Trinajstić information content (AvgIpc) is 2.97. The standard InChI is InChI=1S/C17H21N3O/c1-14-7-9-20(10-8-14)17(21)12-19-11-16(18-13-19)15-5-3-2-4-6-15/h2-6,11,13-14H,7-10,12H2,1H3. The second-order valence-corrected chi connectivity index (χ2v) is 5.86. The molecular weight excluding hydrogens is 262 g/mol. The van der Waals surface area contributed by atoms with Crippen molar-refractivity contribution in [3.8, 4) is 11.3 Å². The molecule has 0 unspecified atom stereocenters. The summed E-state index contributed by atoms with van der Waals surface area (Å²) >= 11 is 0. The van der Waals surface area contributed by atoms with Gasteiger partial charge in [0.15, 0.2) is 0 Å². The number of amides is 1. The highest BCUT2D eigenvalue weighted by atomic mass is 16.2. The molecule has 110 valence electrons. The maximum absolute atomic E-state index is 12.3. The highest BCUT2D eigenvalue weighted by molar-refractivity contribution is 5.76. The van der Waals surface area contributed by atoms with Crippen LogP contribution in [0.3, 0.4) is 0 Å². The van der Waals surface area contributed by atoms with Crippen molar-refractivity contribution in [2.24, 2.45) is 5.92 Å². The molecule has 1 aromatic heterocycles. The van der Waals surface area contributed by atoms with E-state index >= 15 is 0 Å². The van der Waals surface area contributed by atoms with Gasteiger partial charge in [-0.2, -0.15) is 0 Å². The zero-order chi connectivity index (χ0) is 14.7. The van der Waals surface area contributed by atoms with E-state index in [9.17, 15) is 4.79 Å². The van der Waals surface area contributed by atoms with Crippen molar-refractivity contribution in [2.75, 3.05) is 13.1 Å². The first-order valence-electron chi connectivity index (χ1n) is 7.57. The monoisotopic (exact) mass is 283 g/mol. The Morgan fingerprint density at radius 3 is 2.67 bits per heavy atom. The van der Waals surface area contributed by atoms with Gasteiger partial charge in [-0.15, -0.1) is 0 Å². The first-order valence-corrected chi connectivity index (χ1v) is 7.57. The predicted octanol–water partition coefficient (Wildman–Crippen LogP) is 2.81. The Morgan fingerprint density at radius 1 is 1.24 bits per heavy atom. The minimum atomic E-state index is 0.193. The second kappa shape index (κ2) is 6.12. The van der Waals surface area contributed by atoms with Crippen LogP contribution in [-0.4, -0.2) is 33.4 Å². The smallest absolute Gasteiger partial charge is 0.242 e. The minimum Gasteiger partial charge on any atom is -0.341 e. The third kappa shape index (κ3) is 3.32. The lowest BCUT2D eigenvalue weighted by atomic mass is 9.99. The molecular formula is C17H21N3O. The van der Waals surface area contributed by atoms with E-state index in [1.807, 2.05) is 46.0 Å². The molecule has 1 aliphatic heterocycles. The van der Waals surface area contributed by atoms with Crippen molar-refractivity contribution >= 4 is 5.91 Å². The first kappa shape index (κ1) is 13.9. The highest BCUT2D eigenvalue weighted by Gasteiger charge is 2.20. The van der Waals surface area contributed by atoms with Gasteiger partial charge in [0.05, 0.1) is 12.0 Å². The number of rotatable bonds is 3. The van der Waals surface area contributed by atoms with E-state index in [2.05, 4.69) is 11.9 Å². The molecule has 0 atom stereocenters. The number of likely N-dealkylation sites (tertiary alicyclic amines) is 1. The Hall–Kier alpha value is -2.10. The molecule has 4 heteroatoms. The normalized spacial score (nSPS) is 16.1. The first-order chi connectivity index (χ1) is 10.2. The van der Waals surface area contributed by atoms with Crippen LogP contribution in [0.25, 0.3) is 11.3 Å². The molecule has 1 aliphatic rings. The van der Waals surface area contributed by atoms with Crippen LogP contribution in [0.15, 0.2) is 42.9 Å². The van der Waals surface area contributed by atoms with E-state index < -0.39 is 0 Å². The largest absolute Gasteiger partial charge is 0.341 e. The van der Waals surface area contributed by atoms with Crippen LogP contribution in [-0.2, 0) is 11.3 Å². The maximum atomic E-state index is 12.3. The molecule has 1 fully saturated rings. The van der Waals surface area contributed by atoms with Crippen molar-refractivity contribution in [1.29, 1.82) is 0 Å². The molecule has 1 aromatic carbocycles. The quantitative estimate of drug-likeness (QED) is 0.868. The lowest BCUT2D eigenvalue weighted by Crippen LogP contribution is -2.39. The van der Waals surface area contributed by atoms with E-state index in [4.69, 9.17) is 0 Å². The fourth-order valence-corrected chi connectivity index (χ4v) is 2.72. The van der Waals surface area contributed by atoms with Gasteiger partial charge in [-0.25, -0.2) is 4.98 Å². The van der Waals surface area contributed by atoms with Crippen LogP contribution in [0, 0.1) is 5.92 Å². The van der Waals surface area contributed by atoms with Crippen LogP contribution in [0.2, 0.25) is 0 Å². The lowest BCUT2D eigenvalue weighted by molar-refractivity contribution is -0.133. The van der Waals surface area contributed by atoms with Gasteiger partial charge in [0, 0.05) is 24.8 Å². The molecule has 0 bridgehead atoms. The molecule has 0 saturated carbocycles. The zero-order valence-corrected chi connectivity index (χ0v) is 12.4. The number of imidazole rings is 1. The molecule has 1 amide bonds. The van der Waals surface area contributed by atoms with Gasteiger partial charge in [-0.1, -0.05) is 37.3 Å². The van der Waals surface area contributed by atoms with Gasteiger partial charge in [-0.3, -0.25) is 4.79 Å². The third-order valence-electron chi connectivity index (χ3n) is 4.16. The Bertz CT molecular complexity index is 598. The van der Waals surface area contributed by atoms with Crippen molar-refractivity contribution in [1.82, 2.24) is 14.5 Å². The molecule has 2 aromatic rings. The van der Waals surface area contributed by atoms with Crippen molar-refractivity contribution in [3.63, 3.8) is 0 Å². The SMILES string of the molecule is CC1CCN(C(=O)Cn2cnc(-c3ccccc3)c2)CC1. The molecule has 2 heterocycles. The number of carbonyl (C=O) groups excluding carboxylic acids is 1. The van der Waals surface area contributed by atoms with Gasteiger partial charge >= 0.3 is 0 Å². The number of benzene rings is 1. The molecule has 0 spiro atoms. The molecule has 21 heavy (non-hydrogen) atoms. The maximum Gasteiger partial charge on any atom is 0.242 e. The van der Waals surface area contributed by atoms with Gasteiger partial charge in [0.25, 0.3) is 0 Å². The van der Waals surface area contributed by atoms with Crippen molar-refractivity contribution in [2.45, 2.75) is 26.3 Å². The Morgan fingerprint density at radius 2 is 1.95 bits per heavy atom. The fourth-order valence-electron chi connectivity index (χ4n) is 2.72. The summed E-state index contributed by atoms with van der Waals surface area (Å²) in [5.74, 6) is 0.936. The van der Waals surface area contributed by atoms with Gasteiger partial charge in [0.1, 0.15) is 6.54 Å². The Labute approximate surface area is 125 Å². The number of hydrogen-bond acceptors (Lipinski definition) is 2. The third-order valence-corrected chi connectivity index (χ3v) is 4.16. The van der Waals surface area contributed by atoms with Crippen LogP contribution >= 0.6 is 0 Å². The summed E-state index contributed by atoms with van der Waals surface area (Å²) in [5.41, 5.74) is 1.99. The molecule has 1 saturated heterocycles. The van der Waals surface area contributed by atoms with Gasteiger partial charge < -0.3 is 9.47 Å². The average molecular weight is 283 g/mol. The summed E-state index contributed by atoms with van der Waals surface area (Å²) in [5, 5.41) is 0. The predicted molar refractivity (Wildman–Crippen MR) is 82.6 cm³/mol. The van der Waals surface area contributed by atoms with E-state index in [-0.39, 0.29) is 5.91 Å². The molecule has 3 rings (SSSR count). The van der Waals surface area contributed by atoms with Gasteiger partial charge in [-0.05, 0) is 18.8 Å². The number of hydrogen-bond donors (Lipinski definition) is 0. The second-order valence-electron chi connectivity index (χ2n) is 5.86. The van der Waals surface area contributed by atoms with E-state index in [1.54, 1.807) is 6.33 Å². The molecule has 0 radical (unpaired) electrons. The van der Waals surface area contributed by atoms with Crippen molar-refractivity contribution < 1.29 is 4.79 Å². The summed E-state index contributed by atoms with van der Waals surface area (Å²) in [7, 11) is 0. The molecule has 0 aliphatic carbocycles. The summed E-state index contributed by atoms with van der Waals surface area (Å²) in [6.07, 6.45) is 5.92. The van der Waals surface area contributed by atoms with Gasteiger partial charge in [0.2, 0.25) is 5.91 Å². The highest BCUT2D eigenvalue weighted by Crippen LogP contribution is 2.18. The van der Waals surface area contributed by atoms with E-state index in [1.165, 1.54) is 0 Å². The molecule has 0 N–H and O–H groups in total. The Balaban J connectivity index is 1.63. The minimum absolute atomic E-state index is 0.193. The van der Waals surface area contributed by atoms with Crippen LogP contribution < -0.4 is 0 Å². The zero-order valence-electron chi connectivity index (χ0n) is 12.4. The topological polar surface area (TPSA) is 38.1 Å². The summed E-state index contributed by atoms with van der Waals surface area (Å²) in [6, 6.07) is 10.0. The molecule has 4 nitrogen and oxygen atoms in total. The summed E-state index contributed by atoms with van der Waals surface area (Å²) < 4.78 is 1.88. The Kier molecular flexibility index (Phi) is 4.04. The van der Waals surface area contributed by atoms with Crippen LogP contribution in [0.5, 0.6) is 0 Å². The number of aromatic nitrogens is 2. The lowest BCUT2D eigenvalue weighted by Gasteiger charge is -2.30. The fraction of sp³-hybridized carbons (Fsp3) is 0.412. The number of piperidine rings is 1.